The Morgan fingerprint density at radius 2 is 1.89 bits per heavy atom. The van der Waals surface area contributed by atoms with Gasteiger partial charge >= 0.3 is 0 Å². The van der Waals surface area contributed by atoms with Crippen LogP contribution < -0.4 is 14.8 Å². The fraction of sp³-hybridized carbons (Fsp3) is 0.462. The number of unbranched alkanes of at least 4 members (excludes halogenated alkanes) is 1. The molecule has 0 aromatic heterocycles. The summed E-state index contributed by atoms with van der Waals surface area (Å²) in [6, 6.07) is 7.04. The van der Waals surface area contributed by atoms with Gasteiger partial charge in [0, 0.05) is 13.2 Å². The van der Waals surface area contributed by atoms with Crippen molar-refractivity contribution in [1.29, 1.82) is 0 Å². The lowest BCUT2D eigenvalue weighted by Gasteiger charge is -2.07. The number of rotatable bonds is 8. The summed E-state index contributed by atoms with van der Waals surface area (Å²) in [7, 11) is 1.59. The maximum Gasteiger partial charge on any atom is 0.257 e. The molecular weight excluding hydrogens is 234 g/mol. The van der Waals surface area contributed by atoms with Gasteiger partial charge in [0.25, 0.3) is 5.91 Å². The quantitative estimate of drug-likeness (QED) is 0.677. The van der Waals surface area contributed by atoms with Gasteiger partial charge in [-0.3, -0.25) is 4.79 Å². The van der Waals surface area contributed by atoms with Crippen LogP contribution in [-0.2, 0) is 4.79 Å². The normalized spacial score (nSPS) is 9.89. The molecule has 1 amide bonds. The molecule has 0 heterocycles. The van der Waals surface area contributed by atoms with E-state index in [-0.39, 0.29) is 19.1 Å². The third kappa shape index (κ3) is 5.54. The fourth-order valence-corrected chi connectivity index (χ4v) is 1.34. The van der Waals surface area contributed by atoms with Crippen LogP contribution >= 0.6 is 0 Å². The van der Waals surface area contributed by atoms with Gasteiger partial charge in [-0.1, -0.05) is 0 Å². The summed E-state index contributed by atoms with van der Waals surface area (Å²) < 4.78 is 10.3. The van der Waals surface area contributed by atoms with Crippen molar-refractivity contribution in [2.24, 2.45) is 0 Å². The summed E-state index contributed by atoms with van der Waals surface area (Å²) in [6.07, 6.45) is 1.46. The highest BCUT2D eigenvalue weighted by Crippen LogP contribution is 2.16. The molecule has 5 nitrogen and oxygen atoms in total. The molecular formula is C13H19NO4. The predicted octanol–water partition coefficient (Wildman–Crippen LogP) is 0.963. The second kappa shape index (κ2) is 8.36. The van der Waals surface area contributed by atoms with Gasteiger partial charge in [-0.15, -0.1) is 0 Å². The van der Waals surface area contributed by atoms with Crippen molar-refractivity contribution in [3.63, 3.8) is 0 Å². The number of methoxy groups -OCH3 is 1. The highest BCUT2D eigenvalue weighted by molar-refractivity contribution is 5.77. The van der Waals surface area contributed by atoms with Crippen LogP contribution in [0.4, 0.5) is 0 Å². The van der Waals surface area contributed by atoms with Crippen molar-refractivity contribution in [2.75, 3.05) is 26.9 Å². The molecule has 0 atom stereocenters. The van der Waals surface area contributed by atoms with E-state index in [9.17, 15) is 4.79 Å². The van der Waals surface area contributed by atoms with Crippen LogP contribution in [0, 0.1) is 0 Å². The van der Waals surface area contributed by atoms with E-state index >= 15 is 0 Å². The number of aliphatic hydroxyl groups excluding tert-OH is 1. The molecule has 0 fully saturated rings. The first kappa shape index (κ1) is 14.3. The van der Waals surface area contributed by atoms with Gasteiger partial charge < -0.3 is 19.9 Å². The van der Waals surface area contributed by atoms with Gasteiger partial charge in [0.2, 0.25) is 0 Å². The SMILES string of the molecule is COc1ccc(OCC(=O)NCCCCO)cc1. The molecule has 0 saturated carbocycles. The number of carbonyl (C=O) groups excluding carboxylic acids is 1. The highest BCUT2D eigenvalue weighted by atomic mass is 16.5. The molecule has 0 radical (unpaired) electrons. The highest BCUT2D eigenvalue weighted by Gasteiger charge is 2.02. The standard InChI is InChI=1S/C13H19NO4/c1-17-11-4-6-12(7-5-11)18-10-13(16)14-8-2-3-9-15/h4-7,15H,2-3,8-10H2,1H3,(H,14,16). The summed E-state index contributed by atoms with van der Waals surface area (Å²) in [6.45, 7) is 0.703. The van der Waals surface area contributed by atoms with E-state index in [1.165, 1.54) is 0 Å². The van der Waals surface area contributed by atoms with Crippen molar-refractivity contribution in [3.05, 3.63) is 24.3 Å². The first-order chi connectivity index (χ1) is 8.76. The average molecular weight is 253 g/mol. The Morgan fingerprint density at radius 3 is 2.50 bits per heavy atom. The molecule has 1 rings (SSSR count). The summed E-state index contributed by atoms with van der Waals surface area (Å²) in [5, 5.41) is 11.3. The zero-order valence-electron chi connectivity index (χ0n) is 10.5. The number of carbonyl (C=O) groups is 1. The van der Waals surface area contributed by atoms with Gasteiger partial charge in [-0.05, 0) is 37.1 Å². The van der Waals surface area contributed by atoms with Crippen LogP contribution in [0.25, 0.3) is 0 Å². The molecule has 100 valence electrons. The molecule has 0 saturated heterocycles. The number of ether oxygens (including phenoxy) is 2. The Hall–Kier alpha value is -1.75. The molecule has 0 aliphatic carbocycles. The Bertz CT molecular complexity index is 351. The van der Waals surface area contributed by atoms with E-state index in [4.69, 9.17) is 14.6 Å². The number of aliphatic hydroxyl groups is 1. The maximum absolute atomic E-state index is 11.4. The van der Waals surface area contributed by atoms with Crippen LogP contribution in [0.5, 0.6) is 11.5 Å². The molecule has 18 heavy (non-hydrogen) atoms. The minimum absolute atomic E-state index is 0.00848. The molecule has 0 aliphatic heterocycles. The van der Waals surface area contributed by atoms with E-state index in [0.717, 1.165) is 12.2 Å². The number of hydrogen-bond acceptors (Lipinski definition) is 4. The lowest BCUT2D eigenvalue weighted by atomic mass is 10.3. The second-order valence-corrected chi connectivity index (χ2v) is 3.74. The Balaban J connectivity index is 2.20. The molecule has 0 bridgehead atoms. The van der Waals surface area contributed by atoms with Crippen LogP contribution in [0.1, 0.15) is 12.8 Å². The number of hydrogen-bond donors (Lipinski definition) is 2. The Morgan fingerprint density at radius 1 is 1.22 bits per heavy atom. The average Bonchev–Trinajstić information content (AvgIpc) is 2.42. The summed E-state index contributed by atoms with van der Waals surface area (Å²) in [5.41, 5.74) is 0. The third-order valence-electron chi connectivity index (χ3n) is 2.34. The Labute approximate surface area is 107 Å². The van der Waals surface area contributed by atoms with Crippen LogP contribution in [0.2, 0.25) is 0 Å². The largest absolute Gasteiger partial charge is 0.497 e. The van der Waals surface area contributed by atoms with E-state index in [1.54, 1.807) is 31.4 Å². The number of nitrogens with one attached hydrogen (secondary N) is 1. The predicted molar refractivity (Wildman–Crippen MR) is 67.8 cm³/mol. The first-order valence-corrected chi connectivity index (χ1v) is 5.90. The minimum atomic E-state index is -0.163. The lowest BCUT2D eigenvalue weighted by Crippen LogP contribution is -2.29. The molecule has 1 aromatic carbocycles. The van der Waals surface area contributed by atoms with Gasteiger partial charge in [0.05, 0.1) is 7.11 Å². The van der Waals surface area contributed by atoms with Crippen molar-refractivity contribution in [1.82, 2.24) is 5.32 Å². The molecule has 2 N–H and O–H groups in total. The zero-order chi connectivity index (χ0) is 13.2. The molecule has 5 heteroatoms. The lowest BCUT2D eigenvalue weighted by molar-refractivity contribution is -0.123. The van der Waals surface area contributed by atoms with Gasteiger partial charge in [-0.25, -0.2) is 0 Å². The molecule has 0 unspecified atom stereocenters. The van der Waals surface area contributed by atoms with Crippen molar-refractivity contribution in [2.45, 2.75) is 12.8 Å². The molecule has 0 aliphatic rings. The maximum atomic E-state index is 11.4. The summed E-state index contributed by atoms with van der Waals surface area (Å²) >= 11 is 0. The van der Waals surface area contributed by atoms with E-state index < -0.39 is 0 Å². The van der Waals surface area contributed by atoms with Crippen molar-refractivity contribution >= 4 is 5.91 Å². The van der Waals surface area contributed by atoms with E-state index in [2.05, 4.69) is 5.32 Å². The summed E-state index contributed by atoms with van der Waals surface area (Å²) in [4.78, 5) is 11.4. The number of benzene rings is 1. The van der Waals surface area contributed by atoms with Crippen molar-refractivity contribution < 1.29 is 19.4 Å². The third-order valence-corrected chi connectivity index (χ3v) is 2.34. The number of amides is 1. The second-order valence-electron chi connectivity index (χ2n) is 3.74. The van der Waals surface area contributed by atoms with Crippen LogP contribution in [0.15, 0.2) is 24.3 Å². The van der Waals surface area contributed by atoms with E-state index in [0.29, 0.717) is 18.7 Å². The van der Waals surface area contributed by atoms with Crippen molar-refractivity contribution in [3.8, 4) is 11.5 Å². The van der Waals surface area contributed by atoms with Crippen LogP contribution in [-0.4, -0.2) is 37.9 Å². The first-order valence-electron chi connectivity index (χ1n) is 5.90. The van der Waals surface area contributed by atoms with E-state index in [1.807, 2.05) is 0 Å². The van der Waals surface area contributed by atoms with Gasteiger partial charge in [-0.2, -0.15) is 0 Å². The summed E-state index contributed by atoms with van der Waals surface area (Å²) in [5.74, 6) is 1.21. The zero-order valence-corrected chi connectivity index (χ0v) is 10.5. The molecule has 1 aromatic rings. The van der Waals surface area contributed by atoms with Crippen LogP contribution in [0.3, 0.4) is 0 Å². The molecule has 0 spiro atoms. The minimum Gasteiger partial charge on any atom is -0.497 e. The van der Waals surface area contributed by atoms with Gasteiger partial charge in [0.15, 0.2) is 6.61 Å². The topological polar surface area (TPSA) is 67.8 Å². The Kier molecular flexibility index (Phi) is 6.64. The fourth-order valence-electron chi connectivity index (χ4n) is 1.34. The smallest absolute Gasteiger partial charge is 0.257 e. The van der Waals surface area contributed by atoms with Gasteiger partial charge in [0.1, 0.15) is 11.5 Å². The monoisotopic (exact) mass is 253 g/mol.